The number of carbonyl (C=O) groups is 1. The summed E-state index contributed by atoms with van der Waals surface area (Å²) in [6, 6.07) is 13.8. The average Bonchev–Trinajstić information content (AvgIpc) is 2.67. The third-order valence-corrected chi connectivity index (χ3v) is 4.44. The molecule has 0 radical (unpaired) electrons. The van der Waals surface area contributed by atoms with Gasteiger partial charge < -0.3 is 10.1 Å². The van der Waals surface area contributed by atoms with Gasteiger partial charge in [0.2, 0.25) is 0 Å². The summed E-state index contributed by atoms with van der Waals surface area (Å²) in [7, 11) is 0. The number of anilines is 1. The lowest BCUT2D eigenvalue weighted by molar-refractivity contribution is -0.112. The smallest absolute Gasteiger partial charge is 0.266 e. The van der Waals surface area contributed by atoms with Gasteiger partial charge in [0.25, 0.3) is 5.91 Å². The molecular weight excluding hydrogens is 395 g/mol. The summed E-state index contributed by atoms with van der Waals surface area (Å²) in [5, 5.41) is 13.1. The van der Waals surface area contributed by atoms with Crippen molar-refractivity contribution in [1.29, 1.82) is 5.26 Å². The Morgan fingerprint density at radius 2 is 1.93 bits per heavy atom. The minimum absolute atomic E-state index is 0.0573. The van der Waals surface area contributed by atoms with Crippen LogP contribution >= 0.6 is 23.2 Å². The van der Waals surface area contributed by atoms with Gasteiger partial charge in [-0.05, 0) is 48.9 Å². The molecule has 0 saturated heterocycles. The molecular formula is C22H22Cl2N2O2. The Kier molecular flexibility index (Phi) is 8.87. The number of hydrogen-bond donors (Lipinski definition) is 1. The van der Waals surface area contributed by atoms with E-state index in [-0.39, 0.29) is 5.57 Å². The highest BCUT2D eigenvalue weighted by atomic mass is 35.5. The first-order chi connectivity index (χ1) is 13.5. The summed E-state index contributed by atoms with van der Waals surface area (Å²) in [6.45, 7) is 2.72. The topological polar surface area (TPSA) is 62.1 Å². The molecule has 6 heteroatoms. The molecule has 0 unspecified atom stereocenters. The van der Waals surface area contributed by atoms with Crippen LogP contribution in [0.4, 0.5) is 5.69 Å². The summed E-state index contributed by atoms with van der Waals surface area (Å²) in [5.74, 6) is 0.0582. The standard InChI is InChI=1S/C22H22Cl2N2O2/c1-2-3-4-5-11-28-21-10-9-19(24)13-16(21)12-17(15-25)22(27)26-20-8-6-7-18(23)14-20/h6-10,12-14H,2-5,11H2,1H3,(H,26,27)/b17-12-. The number of amides is 1. The maximum Gasteiger partial charge on any atom is 0.266 e. The molecule has 0 aliphatic rings. The van der Waals surface area contributed by atoms with Crippen molar-refractivity contribution in [1.82, 2.24) is 0 Å². The Morgan fingerprint density at radius 3 is 2.64 bits per heavy atom. The number of ether oxygens (including phenoxy) is 1. The van der Waals surface area contributed by atoms with Gasteiger partial charge in [-0.25, -0.2) is 0 Å². The molecule has 0 fully saturated rings. The fourth-order valence-electron chi connectivity index (χ4n) is 2.54. The summed E-state index contributed by atoms with van der Waals surface area (Å²) in [6.07, 6.45) is 5.84. The highest BCUT2D eigenvalue weighted by Gasteiger charge is 2.12. The van der Waals surface area contributed by atoms with Crippen molar-refractivity contribution < 1.29 is 9.53 Å². The Hall–Kier alpha value is -2.48. The molecule has 146 valence electrons. The quantitative estimate of drug-likeness (QED) is 0.288. The summed E-state index contributed by atoms with van der Waals surface area (Å²) >= 11 is 12.0. The number of carbonyl (C=O) groups excluding carboxylic acids is 1. The fraction of sp³-hybridized carbons (Fsp3) is 0.273. The first-order valence-electron chi connectivity index (χ1n) is 9.14. The lowest BCUT2D eigenvalue weighted by Crippen LogP contribution is -2.13. The van der Waals surface area contributed by atoms with E-state index < -0.39 is 5.91 Å². The number of rotatable bonds is 9. The van der Waals surface area contributed by atoms with Gasteiger partial charge in [-0.1, -0.05) is 55.5 Å². The highest BCUT2D eigenvalue weighted by molar-refractivity contribution is 6.31. The second kappa shape index (κ2) is 11.4. The molecule has 28 heavy (non-hydrogen) atoms. The number of benzene rings is 2. The van der Waals surface area contributed by atoms with Gasteiger partial charge in [-0.3, -0.25) is 4.79 Å². The van der Waals surface area contributed by atoms with Crippen molar-refractivity contribution in [3.05, 3.63) is 63.6 Å². The summed E-state index contributed by atoms with van der Waals surface area (Å²) in [5.41, 5.74) is 1.04. The first kappa shape index (κ1) is 21.8. The molecule has 2 rings (SSSR count). The fourth-order valence-corrected chi connectivity index (χ4v) is 2.91. The number of nitrogens with zero attached hydrogens (tertiary/aromatic N) is 1. The van der Waals surface area contributed by atoms with Crippen molar-refractivity contribution in [2.24, 2.45) is 0 Å². The van der Waals surface area contributed by atoms with E-state index in [1.807, 2.05) is 6.07 Å². The van der Waals surface area contributed by atoms with Gasteiger partial charge in [0.05, 0.1) is 6.61 Å². The van der Waals surface area contributed by atoms with E-state index in [2.05, 4.69) is 12.2 Å². The van der Waals surface area contributed by atoms with Gasteiger partial charge in [0.15, 0.2) is 0 Å². The normalized spacial score (nSPS) is 11.0. The monoisotopic (exact) mass is 416 g/mol. The molecule has 0 heterocycles. The van der Waals surface area contributed by atoms with Crippen molar-refractivity contribution in [3.8, 4) is 11.8 Å². The Morgan fingerprint density at radius 1 is 1.14 bits per heavy atom. The molecule has 0 bridgehead atoms. The van der Waals surface area contributed by atoms with E-state index in [1.165, 1.54) is 12.5 Å². The lowest BCUT2D eigenvalue weighted by atomic mass is 10.1. The van der Waals surface area contributed by atoms with Crippen LogP contribution in [0, 0.1) is 11.3 Å². The Balaban J connectivity index is 2.16. The molecule has 1 amide bonds. The van der Waals surface area contributed by atoms with Crippen molar-refractivity contribution >= 4 is 40.9 Å². The minimum Gasteiger partial charge on any atom is -0.493 e. The van der Waals surface area contributed by atoms with Crippen LogP contribution in [0.15, 0.2) is 48.0 Å². The van der Waals surface area contributed by atoms with Crippen LogP contribution in [0.3, 0.4) is 0 Å². The lowest BCUT2D eigenvalue weighted by Gasteiger charge is -2.10. The number of halogens is 2. The number of hydrogen-bond acceptors (Lipinski definition) is 3. The molecule has 0 atom stereocenters. The zero-order valence-electron chi connectivity index (χ0n) is 15.7. The molecule has 0 aliphatic heterocycles. The highest BCUT2D eigenvalue weighted by Crippen LogP contribution is 2.26. The molecule has 2 aromatic carbocycles. The second-order valence-corrected chi connectivity index (χ2v) is 7.10. The first-order valence-corrected chi connectivity index (χ1v) is 9.90. The Labute approximate surface area is 175 Å². The molecule has 2 aromatic rings. The second-order valence-electron chi connectivity index (χ2n) is 6.23. The zero-order chi connectivity index (χ0) is 20.4. The molecule has 0 aromatic heterocycles. The van der Waals surface area contributed by atoms with Crippen LogP contribution in [0.5, 0.6) is 5.75 Å². The van der Waals surface area contributed by atoms with E-state index >= 15 is 0 Å². The van der Waals surface area contributed by atoms with Gasteiger partial charge in [0.1, 0.15) is 17.4 Å². The predicted octanol–water partition coefficient (Wildman–Crippen LogP) is 6.50. The van der Waals surface area contributed by atoms with Gasteiger partial charge in [0, 0.05) is 21.3 Å². The van der Waals surface area contributed by atoms with Crippen LogP contribution in [0.1, 0.15) is 38.2 Å². The summed E-state index contributed by atoms with van der Waals surface area (Å²) in [4.78, 5) is 12.5. The maximum atomic E-state index is 12.5. The van der Waals surface area contributed by atoms with E-state index in [1.54, 1.807) is 42.5 Å². The van der Waals surface area contributed by atoms with Crippen LogP contribution in [-0.2, 0) is 4.79 Å². The van der Waals surface area contributed by atoms with Crippen LogP contribution < -0.4 is 10.1 Å². The van der Waals surface area contributed by atoms with Gasteiger partial charge in [-0.15, -0.1) is 0 Å². The van der Waals surface area contributed by atoms with E-state index in [9.17, 15) is 10.1 Å². The molecule has 0 aliphatic carbocycles. The van der Waals surface area contributed by atoms with Crippen molar-refractivity contribution in [3.63, 3.8) is 0 Å². The van der Waals surface area contributed by atoms with Crippen LogP contribution in [0.25, 0.3) is 6.08 Å². The molecule has 0 spiro atoms. The number of nitrogens with one attached hydrogen (secondary N) is 1. The molecule has 0 saturated carbocycles. The van der Waals surface area contributed by atoms with Crippen molar-refractivity contribution in [2.75, 3.05) is 11.9 Å². The SMILES string of the molecule is CCCCCCOc1ccc(Cl)cc1/C=C(/C#N)C(=O)Nc1cccc(Cl)c1. The summed E-state index contributed by atoms with van der Waals surface area (Å²) < 4.78 is 5.84. The predicted molar refractivity (Wildman–Crippen MR) is 115 cm³/mol. The van der Waals surface area contributed by atoms with Gasteiger partial charge >= 0.3 is 0 Å². The maximum absolute atomic E-state index is 12.5. The van der Waals surface area contributed by atoms with Crippen LogP contribution in [0.2, 0.25) is 10.0 Å². The van der Waals surface area contributed by atoms with Gasteiger partial charge in [-0.2, -0.15) is 5.26 Å². The number of unbranched alkanes of at least 4 members (excludes halogenated alkanes) is 3. The van der Waals surface area contributed by atoms with E-state index in [0.29, 0.717) is 33.7 Å². The zero-order valence-corrected chi connectivity index (χ0v) is 17.2. The van der Waals surface area contributed by atoms with Crippen molar-refractivity contribution in [2.45, 2.75) is 32.6 Å². The largest absolute Gasteiger partial charge is 0.493 e. The average molecular weight is 417 g/mol. The van der Waals surface area contributed by atoms with Crippen LogP contribution in [-0.4, -0.2) is 12.5 Å². The van der Waals surface area contributed by atoms with E-state index in [0.717, 1.165) is 19.3 Å². The molecule has 1 N–H and O–H groups in total. The molecule has 4 nitrogen and oxygen atoms in total. The van der Waals surface area contributed by atoms with E-state index in [4.69, 9.17) is 27.9 Å². The third-order valence-electron chi connectivity index (χ3n) is 3.97. The third kappa shape index (κ3) is 6.92. The minimum atomic E-state index is -0.529. The number of nitriles is 1. The Bertz CT molecular complexity index is 888.